The second-order valence-corrected chi connectivity index (χ2v) is 6.83. The number of nitrogens with zero attached hydrogens (tertiary/aromatic N) is 1. The van der Waals surface area contributed by atoms with Gasteiger partial charge in [0.1, 0.15) is 10.1 Å². The van der Waals surface area contributed by atoms with Crippen molar-refractivity contribution in [3.05, 3.63) is 34.7 Å². The molecule has 1 saturated heterocycles. The fourth-order valence-electron chi connectivity index (χ4n) is 2.16. The normalized spacial score (nSPS) is 18.3. The molecule has 1 amide bonds. The van der Waals surface area contributed by atoms with Gasteiger partial charge in [0.05, 0.1) is 16.9 Å². The molecule has 1 aromatic carbocycles. The maximum Gasteiger partial charge on any atom is 0.266 e. The predicted octanol–water partition coefficient (Wildman–Crippen LogP) is 1.37. The van der Waals surface area contributed by atoms with Gasteiger partial charge in [-0.3, -0.25) is 9.69 Å². The smallest absolute Gasteiger partial charge is 0.266 e. The second-order valence-electron chi connectivity index (χ2n) is 5.15. The third kappa shape index (κ3) is 3.31. The number of carbonyl (C=O) groups excluding carboxylic acids is 2. The molecule has 0 spiro atoms. The monoisotopic (exact) mass is 336 g/mol. The van der Waals surface area contributed by atoms with E-state index in [2.05, 4.69) is 0 Å². The van der Waals surface area contributed by atoms with Crippen molar-refractivity contribution in [3.8, 4) is 5.75 Å². The minimum atomic E-state index is -1.33. The van der Waals surface area contributed by atoms with Crippen LogP contribution in [0.4, 0.5) is 0 Å². The number of benzene rings is 1. The molecule has 1 atom stereocenters. The molecule has 1 aromatic rings. The van der Waals surface area contributed by atoms with E-state index in [1.165, 1.54) is 12.1 Å². The Labute approximate surface area is 137 Å². The van der Waals surface area contributed by atoms with E-state index in [1.54, 1.807) is 32.1 Å². The van der Waals surface area contributed by atoms with E-state index in [1.807, 2.05) is 0 Å². The number of thiocarbonyl (C=S) groups is 1. The summed E-state index contributed by atoms with van der Waals surface area (Å²) in [7, 11) is 0. The lowest BCUT2D eigenvalue weighted by molar-refractivity contribution is -0.311. The number of aromatic hydroxyl groups is 1. The molecule has 7 heteroatoms. The Bertz CT molecular complexity index is 669. The molecule has 1 fully saturated rings. The number of thioether (sulfide) groups is 1. The molecule has 1 aliphatic rings. The highest BCUT2D eigenvalue weighted by molar-refractivity contribution is 8.26. The first-order chi connectivity index (χ1) is 10.3. The predicted molar refractivity (Wildman–Crippen MR) is 86.8 cm³/mol. The van der Waals surface area contributed by atoms with Crippen LogP contribution in [0.15, 0.2) is 29.2 Å². The van der Waals surface area contributed by atoms with Crippen molar-refractivity contribution in [1.82, 2.24) is 4.90 Å². The van der Waals surface area contributed by atoms with Crippen molar-refractivity contribution >= 4 is 46.3 Å². The largest absolute Gasteiger partial charge is 0.548 e. The molecule has 1 N–H and O–H groups in total. The zero-order valence-electron chi connectivity index (χ0n) is 12.0. The number of carbonyl (C=O) groups is 2. The first-order valence-electron chi connectivity index (χ1n) is 6.58. The number of carboxylic acid groups (broad SMARTS) is 1. The van der Waals surface area contributed by atoms with Crippen molar-refractivity contribution < 1.29 is 19.8 Å². The van der Waals surface area contributed by atoms with Crippen LogP contribution < -0.4 is 5.11 Å². The lowest BCUT2D eigenvalue weighted by Crippen LogP contribution is -2.52. The summed E-state index contributed by atoms with van der Waals surface area (Å²) in [4.78, 5) is 25.2. The van der Waals surface area contributed by atoms with Crippen LogP contribution in [0.1, 0.15) is 19.4 Å². The molecule has 1 unspecified atom stereocenters. The number of rotatable bonds is 4. The summed E-state index contributed by atoms with van der Waals surface area (Å²) in [5, 5.41) is 20.7. The fraction of sp³-hybridized carbons (Fsp3) is 0.267. The van der Waals surface area contributed by atoms with E-state index in [0.29, 0.717) is 10.5 Å². The Morgan fingerprint density at radius 3 is 2.68 bits per heavy atom. The minimum absolute atomic E-state index is 0.0824. The van der Waals surface area contributed by atoms with Gasteiger partial charge < -0.3 is 15.0 Å². The van der Waals surface area contributed by atoms with Crippen LogP contribution in [-0.2, 0) is 9.59 Å². The lowest BCUT2D eigenvalue weighted by Gasteiger charge is -2.30. The molecule has 1 aliphatic heterocycles. The Morgan fingerprint density at radius 1 is 1.45 bits per heavy atom. The van der Waals surface area contributed by atoms with Crippen LogP contribution >= 0.6 is 24.0 Å². The number of hydrogen-bond acceptors (Lipinski definition) is 6. The summed E-state index contributed by atoms with van der Waals surface area (Å²) in [6.45, 7) is 3.38. The zero-order chi connectivity index (χ0) is 16.4. The van der Waals surface area contributed by atoms with Crippen molar-refractivity contribution in [1.29, 1.82) is 0 Å². The summed E-state index contributed by atoms with van der Waals surface area (Å²) >= 11 is 6.18. The average molecular weight is 336 g/mol. The molecule has 5 nitrogen and oxygen atoms in total. The highest BCUT2D eigenvalue weighted by Gasteiger charge is 2.38. The number of aliphatic carboxylic acids is 1. The summed E-state index contributed by atoms with van der Waals surface area (Å²) in [6, 6.07) is 5.31. The van der Waals surface area contributed by atoms with Gasteiger partial charge in [-0.2, -0.15) is 0 Å². The standard InChI is InChI=1S/C15H15NO4S2/c1-8(2)12(14(19)20)16-13(18)11(22-15(16)21)7-9-4-3-5-10(17)6-9/h3-8,12,17H,1-2H3,(H,19,20)/p-1. The molecule has 22 heavy (non-hydrogen) atoms. The van der Waals surface area contributed by atoms with E-state index < -0.39 is 17.9 Å². The van der Waals surface area contributed by atoms with E-state index >= 15 is 0 Å². The number of phenolic OH excluding ortho intramolecular Hbond substituents is 1. The summed E-state index contributed by atoms with van der Waals surface area (Å²) in [5.41, 5.74) is 0.634. The van der Waals surface area contributed by atoms with E-state index in [4.69, 9.17) is 12.2 Å². The molecule has 0 radical (unpaired) electrons. The van der Waals surface area contributed by atoms with E-state index in [-0.39, 0.29) is 16.0 Å². The van der Waals surface area contributed by atoms with Crippen molar-refractivity contribution in [2.75, 3.05) is 0 Å². The third-order valence-corrected chi connectivity index (χ3v) is 4.47. The van der Waals surface area contributed by atoms with Crippen molar-refractivity contribution in [2.45, 2.75) is 19.9 Å². The molecule has 1 heterocycles. The summed E-state index contributed by atoms with van der Waals surface area (Å²) < 4.78 is 0.194. The van der Waals surface area contributed by atoms with Gasteiger partial charge in [0.2, 0.25) is 0 Å². The Balaban J connectivity index is 2.34. The first-order valence-corrected chi connectivity index (χ1v) is 7.80. The van der Waals surface area contributed by atoms with E-state index in [0.717, 1.165) is 16.7 Å². The number of carboxylic acids is 1. The second kappa shape index (κ2) is 6.50. The van der Waals surface area contributed by atoms with Gasteiger partial charge in [0, 0.05) is 0 Å². The van der Waals surface area contributed by atoms with Gasteiger partial charge in [-0.1, -0.05) is 50.0 Å². The highest BCUT2D eigenvalue weighted by Crippen LogP contribution is 2.35. The highest BCUT2D eigenvalue weighted by atomic mass is 32.2. The van der Waals surface area contributed by atoms with Gasteiger partial charge in [-0.15, -0.1) is 0 Å². The fourth-order valence-corrected chi connectivity index (χ4v) is 3.49. The van der Waals surface area contributed by atoms with Crippen LogP contribution in [0.2, 0.25) is 0 Å². The van der Waals surface area contributed by atoms with Crippen LogP contribution in [0.25, 0.3) is 6.08 Å². The van der Waals surface area contributed by atoms with Crippen LogP contribution in [0, 0.1) is 5.92 Å². The Hall–Kier alpha value is -1.86. The van der Waals surface area contributed by atoms with E-state index in [9.17, 15) is 19.8 Å². The average Bonchev–Trinajstić information content (AvgIpc) is 2.66. The lowest BCUT2D eigenvalue weighted by atomic mass is 10.0. The van der Waals surface area contributed by atoms with Gasteiger partial charge in [0.25, 0.3) is 5.91 Å². The first kappa shape index (κ1) is 16.5. The molecule has 116 valence electrons. The molecule has 2 rings (SSSR count). The zero-order valence-corrected chi connectivity index (χ0v) is 13.6. The van der Waals surface area contributed by atoms with Crippen LogP contribution in [-0.4, -0.2) is 32.2 Å². The number of phenols is 1. The Kier molecular flexibility index (Phi) is 4.87. The van der Waals surface area contributed by atoms with Crippen molar-refractivity contribution in [2.24, 2.45) is 5.92 Å². The SMILES string of the molecule is CC(C)C(C(=O)[O-])N1C(=O)C(=Cc2cccc(O)c2)SC1=S. The van der Waals surface area contributed by atoms with Gasteiger partial charge in [-0.25, -0.2) is 0 Å². The molecule has 0 saturated carbocycles. The summed E-state index contributed by atoms with van der Waals surface area (Å²) in [5.74, 6) is -2.03. The molecule has 0 aliphatic carbocycles. The van der Waals surface area contributed by atoms with Crippen LogP contribution in [0.5, 0.6) is 5.75 Å². The molecule has 0 bridgehead atoms. The van der Waals surface area contributed by atoms with Gasteiger partial charge >= 0.3 is 0 Å². The topological polar surface area (TPSA) is 80.7 Å². The number of amides is 1. The maximum atomic E-state index is 12.5. The van der Waals surface area contributed by atoms with Crippen LogP contribution in [0.3, 0.4) is 0 Å². The Morgan fingerprint density at radius 2 is 2.14 bits per heavy atom. The van der Waals surface area contributed by atoms with Gasteiger partial charge in [-0.05, 0) is 29.7 Å². The third-order valence-electron chi connectivity index (χ3n) is 3.14. The quantitative estimate of drug-likeness (QED) is 0.661. The maximum absolute atomic E-state index is 12.5. The molecular weight excluding hydrogens is 322 g/mol. The van der Waals surface area contributed by atoms with Gasteiger partial charge in [0.15, 0.2) is 0 Å². The summed E-state index contributed by atoms with van der Waals surface area (Å²) in [6.07, 6.45) is 1.58. The molecule has 0 aromatic heterocycles. The molecular formula is C15H14NO4S2-. The minimum Gasteiger partial charge on any atom is -0.548 e. The van der Waals surface area contributed by atoms with Crippen molar-refractivity contribution in [3.63, 3.8) is 0 Å². The number of hydrogen-bond donors (Lipinski definition) is 1.